The van der Waals surface area contributed by atoms with E-state index in [-0.39, 0.29) is 5.78 Å². The molecule has 0 atom stereocenters. The summed E-state index contributed by atoms with van der Waals surface area (Å²) in [6.07, 6.45) is 4.21. The highest BCUT2D eigenvalue weighted by molar-refractivity contribution is 6.02. The molecule has 92 valence electrons. The van der Waals surface area contributed by atoms with Gasteiger partial charge in [0.1, 0.15) is 5.69 Å². The van der Waals surface area contributed by atoms with E-state index in [0.29, 0.717) is 5.69 Å². The summed E-state index contributed by atoms with van der Waals surface area (Å²) in [7, 11) is 0. The maximum atomic E-state index is 12.4. The van der Waals surface area contributed by atoms with E-state index in [4.69, 9.17) is 5.73 Å². The van der Waals surface area contributed by atoms with Gasteiger partial charge in [-0.25, -0.2) is 4.68 Å². The molecule has 0 amide bonds. The number of para-hydroxylation sites is 1. The van der Waals surface area contributed by atoms with Crippen molar-refractivity contribution in [2.24, 2.45) is 5.73 Å². The number of benzene rings is 1. The van der Waals surface area contributed by atoms with Crippen molar-refractivity contribution in [3.8, 4) is 5.69 Å². The van der Waals surface area contributed by atoms with E-state index in [1.807, 2.05) is 30.3 Å². The molecule has 1 aromatic carbocycles. The second-order valence-electron chi connectivity index (χ2n) is 4.80. The summed E-state index contributed by atoms with van der Waals surface area (Å²) in [5.41, 5.74) is 6.88. The Hall–Kier alpha value is -1.94. The summed E-state index contributed by atoms with van der Waals surface area (Å²) in [5.74, 6) is -0.00453. The average molecular weight is 241 g/mol. The topological polar surface area (TPSA) is 60.9 Å². The maximum absolute atomic E-state index is 12.4. The van der Waals surface area contributed by atoms with Crippen molar-refractivity contribution in [3.05, 3.63) is 48.3 Å². The van der Waals surface area contributed by atoms with Crippen LogP contribution in [-0.2, 0) is 0 Å². The number of Topliss-reactive ketones (excluding diaryl/α,β-unsaturated/α-hetero) is 1. The minimum atomic E-state index is -0.674. The third-order valence-electron chi connectivity index (χ3n) is 3.57. The molecule has 1 saturated carbocycles. The zero-order chi connectivity index (χ0) is 12.6. The predicted octanol–water partition coefficient (Wildman–Crippen LogP) is 1.94. The molecule has 1 aliphatic carbocycles. The molecular weight excluding hydrogens is 226 g/mol. The molecule has 1 fully saturated rings. The van der Waals surface area contributed by atoms with Crippen LogP contribution in [0.4, 0.5) is 0 Å². The smallest absolute Gasteiger partial charge is 0.201 e. The number of ketones is 1. The molecule has 0 unspecified atom stereocenters. The molecule has 0 bridgehead atoms. The van der Waals surface area contributed by atoms with Gasteiger partial charge in [-0.3, -0.25) is 4.79 Å². The molecule has 1 heterocycles. The van der Waals surface area contributed by atoms with E-state index in [1.165, 1.54) is 0 Å². The van der Waals surface area contributed by atoms with E-state index in [1.54, 1.807) is 16.9 Å². The van der Waals surface area contributed by atoms with Crippen LogP contribution in [0.1, 0.15) is 29.8 Å². The van der Waals surface area contributed by atoms with Gasteiger partial charge in [-0.1, -0.05) is 18.2 Å². The number of rotatable bonds is 3. The third kappa shape index (κ3) is 1.66. The normalized spacial score (nSPS) is 17.2. The van der Waals surface area contributed by atoms with Crippen molar-refractivity contribution in [2.45, 2.75) is 24.8 Å². The largest absolute Gasteiger partial charge is 0.319 e. The molecule has 0 radical (unpaired) electrons. The molecule has 0 saturated heterocycles. The molecule has 2 N–H and O–H groups in total. The van der Waals surface area contributed by atoms with E-state index in [0.717, 1.165) is 24.9 Å². The van der Waals surface area contributed by atoms with Gasteiger partial charge in [0.25, 0.3) is 0 Å². The zero-order valence-corrected chi connectivity index (χ0v) is 10.0. The molecule has 0 aliphatic heterocycles. The Kier molecular flexibility index (Phi) is 2.52. The highest BCUT2D eigenvalue weighted by atomic mass is 16.1. The van der Waals surface area contributed by atoms with Gasteiger partial charge in [0, 0.05) is 0 Å². The van der Waals surface area contributed by atoms with Crippen LogP contribution in [0.3, 0.4) is 0 Å². The lowest BCUT2D eigenvalue weighted by molar-refractivity contribution is 0.0792. The van der Waals surface area contributed by atoms with E-state index < -0.39 is 5.54 Å². The molecule has 4 nitrogen and oxygen atoms in total. The highest BCUT2D eigenvalue weighted by Crippen LogP contribution is 2.32. The molecule has 0 spiro atoms. The second-order valence-corrected chi connectivity index (χ2v) is 4.80. The van der Waals surface area contributed by atoms with E-state index in [2.05, 4.69) is 5.10 Å². The molecule has 4 heteroatoms. The van der Waals surface area contributed by atoms with Crippen LogP contribution >= 0.6 is 0 Å². The Labute approximate surface area is 105 Å². The number of nitrogens with zero attached hydrogens (tertiary/aromatic N) is 2. The summed E-state index contributed by atoms with van der Waals surface area (Å²) in [5, 5.41) is 4.22. The first-order chi connectivity index (χ1) is 8.71. The van der Waals surface area contributed by atoms with Crippen LogP contribution in [0.2, 0.25) is 0 Å². The van der Waals surface area contributed by atoms with Crippen molar-refractivity contribution < 1.29 is 4.79 Å². The Balaban J connectivity index is 2.00. The first kappa shape index (κ1) is 11.2. The average Bonchev–Trinajstić information content (AvgIpc) is 2.85. The number of carbonyl (C=O) groups is 1. The van der Waals surface area contributed by atoms with Gasteiger partial charge < -0.3 is 5.73 Å². The highest BCUT2D eigenvalue weighted by Gasteiger charge is 2.41. The quantitative estimate of drug-likeness (QED) is 0.835. The van der Waals surface area contributed by atoms with Gasteiger partial charge in [-0.15, -0.1) is 0 Å². The van der Waals surface area contributed by atoms with Crippen LogP contribution in [-0.4, -0.2) is 21.1 Å². The van der Waals surface area contributed by atoms with Gasteiger partial charge in [-0.2, -0.15) is 5.10 Å². The van der Waals surface area contributed by atoms with Gasteiger partial charge in [0.05, 0.1) is 17.4 Å². The van der Waals surface area contributed by atoms with Gasteiger partial charge in [-0.05, 0) is 37.5 Å². The summed E-state index contributed by atoms with van der Waals surface area (Å²) in [6, 6.07) is 11.4. The Morgan fingerprint density at radius 3 is 2.56 bits per heavy atom. The monoisotopic (exact) mass is 241 g/mol. The SMILES string of the molecule is NC1(C(=O)c2ccnn2-c2ccccc2)CCC1. The molecule has 1 aliphatic rings. The van der Waals surface area contributed by atoms with Crippen LogP contribution < -0.4 is 5.73 Å². The minimum Gasteiger partial charge on any atom is -0.319 e. The van der Waals surface area contributed by atoms with Crippen molar-refractivity contribution in [1.82, 2.24) is 9.78 Å². The lowest BCUT2D eigenvalue weighted by atomic mass is 9.73. The van der Waals surface area contributed by atoms with Gasteiger partial charge in [0.15, 0.2) is 0 Å². The van der Waals surface area contributed by atoms with Crippen molar-refractivity contribution in [1.29, 1.82) is 0 Å². The van der Waals surface area contributed by atoms with Gasteiger partial charge >= 0.3 is 0 Å². The Bertz CT molecular complexity index is 570. The Morgan fingerprint density at radius 2 is 1.94 bits per heavy atom. The number of hydrogen-bond acceptors (Lipinski definition) is 3. The number of nitrogens with two attached hydrogens (primary N) is 1. The van der Waals surface area contributed by atoms with Crippen LogP contribution in [0.15, 0.2) is 42.6 Å². The maximum Gasteiger partial charge on any atom is 0.201 e. The first-order valence-electron chi connectivity index (χ1n) is 6.14. The lowest BCUT2D eigenvalue weighted by Gasteiger charge is -2.36. The van der Waals surface area contributed by atoms with Crippen LogP contribution in [0, 0.1) is 0 Å². The zero-order valence-electron chi connectivity index (χ0n) is 10.0. The van der Waals surface area contributed by atoms with Crippen molar-refractivity contribution in [2.75, 3.05) is 0 Å². The lowest BCUT2D eigenvalue weighted by Crippen LogP contribution is -2.54. The summed E-state index contributed by atoms with van der Waals surface area (Å²) in [6.45, 7) is 0. The number of hydrogen-bond donors (Lipinski definition) is 1. The second kappa shape index (κ2) is 4.07. The number of aromatic nitrogens is 2. The fourth-order valence-corrected chi connectivity index (χ4v) is 2.29. The summed E-state index contributed by atoms with van der Waals surface area (Å²) < 4.78 is 1.66. The van der Waals surface area contributed by atoms with Crippen molar-refractivity contribution in [3.63, 3.8) is 0 Å². The first-order valence-corrected chi connectivity index (χ1v) is 6.14. The fraction of sp³-hybridized carbons (Fsp3) is 0.286. The van der Waals surface area contributed by atoms with E-state index in [9.17, 15) is 4.79 Å². The Morgan fingerprint density at radius 1 is 1.22 bits per heavy atom. The minimum absolute atomic E-state index is 0.00453. The number of carbonyl (C=O) groups excluding carboxylic acids is 1. The molecule has 2 aromatic rings. The van der Waals surface area contributed by atoms with E-state index >= 15 is 0 Å². The fourth-order valence-electron chi connectivity index (χ4n) is 2.29. The molecule has 1 aromatic heterocycles. The summed E-state index contributed by atoms with van der Waals surface area (Å²) >= 11 is 0. The standard InChI is InChI=1S/C14H15N3O/c15-14(8-4-9-14)13(18)12-7-10-16-17(12)11-5-2-1-3-6-11/h1-3,5-7,10H,4,8-9,15H2. The molecule has 18 heavy (non-hydrogen) atoms. The van der Waals surface area contributed by atoms with Crippen LogP contribution in [0.5, 0.6) is 0 Å². The molecular formula is C14H15N3O. The predicted molar refractivity (Wildman–Crippen MR) is 68.7 cm³/mol. The molecule has 3 rings (SSSR count). The van der Waals surface area contributed by atoms with Crippen molar-refractivity contribution >= 4 is 5.78 Å². The summed E-state index contributed by atoms with van der Waals surface area (Å²) in [4.78, 5) is 12.4. The van der Waals surface area contributed by atoms with Crippen LogP contribution in [0.25, 0.3) is 5.69 Å². The third-order valence-corrected chi connectivity index (χ3v) is 3.57. The van der Waals surface area contributed by atoms with Gasteiger partial charge in [0.2, 0.25) is 5.78 Å².